The van der Waals surface area contributed by atoms with Gasteiger partial charge >= 0.3 is 5.69 Å². The Kier molecular flexibility index (Phi) is 4.97. The lowest BCUT2D eigenvalue weighted by atomic mass is 9.48. The number of nitrogens with zero attached hydrogens (tertiary/aromatic N) is 4. The second-order valence-corrected chi connectivity index (χ2v) is 12.4. The summed E-state index contributed by atoms with van der Waals surface area (Å²) in [6, 6.07) is 0. The minimum absolute atomic E-state index is 0.171. The van der Waals surface area contributed by atoms with Crippen molar-refractivity contribution in [3.05, 3.63) is 26.7 Å². The van der Waals surface area contributed by atoms with E-state index in [1.807, 2.05) is 20.8 Å². The third kappa shape index (κ3) is 3.37. The molecule has 0 aromatic carbocycles. The number of carbonyl (C=O) groups is 1. The Balaban J connectivity index is 1.53. The smallest absolute Gasteiger partial charge is 0.298 e. The number of rotatable bonds is 4. The quantitative estimate of drug-likeness (QED) is 0.519. The van der Waals surface area contributed by atoms with Gasteiger partial charge in [0.1, 0.15) is 22.0 Å². The number of carbonyl (C=O) groups excluding carboxylic acids is 1. The molecule has 4 aliphatic rings. The van der Waals surface area contributed by atoms with Gasteiger partial charge in [0.15, 0.2) is 5.65 Å². The first kappa shape index (κ1) is 21.9. The Morgan fingerprint density at radius 3 is 2.09 bits per heavy atom. The molecule has 4 fully saturated rings. The molecule has 4 bridgehead atoms. The highest BCUT2D eigenvalue weighted by Gasteiger charge is 2.54. The van der Waals surface area contributed by atoms with Gasteiger partial charge in [0, 0.05) is 24.9 Å². The Morgan fingerprint density at radius 1 is 1.00 bits per heavy atom. The molecule has 32 heavy (non-hydrogen) atoms. The standard InChI is InChI=1S/C24H32N4O3S/c1-23(2,3)21-25-18-17(20(30)28(5)22(31)27(18)4)19(26-21)32-12-16(29)24-9-13-6-14(10-24)8-15(7-13)11-24/h13-15H,6-12H2,1-5H3. The van der Waals surface area contributed by atoms with Crippen LogP contribution >= 0.6 is 11.8 Å². The summed E-state index contributed by atoms with van der Waals surface area (Å²) in [4.78, 5) is 48.4. The van der Waals surface area contributed by atoms with Gasteiger partial charge in [0.25, 0.3) is 5.56 Å². The molecule has 0 saturated heterocycles. The van der Waals surface area contributed by atoms with Crippen molar-refractivity contribution in [1.29, 1.82) is 0 Å². The van der Waals surface area contributed by atoms with E-state index in [4.69, 9.17) is 4.98 Å². The topological polar surface area (TPSA) is 86.8 Å². The van der Waals surface area contributed by atoms with Crippen LogP contribution in [0.15, 0.2) is 14.6 Å². The van der Waals surface area contributed by atoms with E-state index in [1.165, 1.54) is 42.6 Å². The van der Waals surface area contributed by atoms with Crippen molar-refractivity contribution in [3.63, 3.8) is 0 Å². The fourth-order valence-electron chi connectivity index (χ4n) is 6.61. The minimum atomic E-state index is -0.415. The molecule has 0 radical (unpaired) electrons. The summed E-state index contributed by atoms with van der Waals surface area (Å²) in [5.74, 6) is 3.33. The molecular weight excluding hydrogens is 424 g/mol. The zero-order valence-corrected chi connectivity index (χ0v) is 20.4. The third-order valence-electron chi connectivity index (χ3n) is 7.91. The monoisotopic (exact) mass is 456 g/mol. The van der Waals surface area contributed by atoms with Crippen LogP contribution in [0, 0.1) is 23.2 Å². The van der Waals surface area contributed by atoms with E-state index in [0.29, 0.717) is 51.2 Å². The number of ketones is 1. The average molecular weight is 457 g/mol. The van der Waals surface area contributed by atoms with Gasteiger partial charge in [0.2, 0.25) is 0 Å². The second kappa shape index (κ2) is 7.27. The largest absolute Gasteiger partial charge is 0.332 e. The highest BCUT2D eigenvalue weighted by molar-refractivity contribution is 8.00. The molecule has 7 nitrogen and oxygen atoms in total. The van der Waals surface area contributed by atoms with Gasteiger partial charge in [-0.3, -0.25) is 18.7 Å². The first-order valence-corrected chi connectivity index (χ1v) is 12.6. The Hall–Kier alpha value is -1.96. The van der Waals surface area contributed by atoms with Crippen LogP contribution in [-0.2, 0) is 24.3 Å². The van der Waals surface area contributed by atoms with Crippen molar-refractivity contribution >= 4 is 28.6 Å². The van der Waals surface area contributed by atoms with Crippen LogP contribution in [0.25, 0.3) is 11.0 Å². The number of hydrogen-bond donors (Lipinski definition) is 0. The SMILES string of the molecule is Cn1c(=O)c2c(SCC(=O)C34CC5CC(CC(C5)C3)C4)nc(C(C)(C)C)nc2n(C)c1=O. The van der Waals surface area contributed by atoms with E-state index in [-0.39, 0.29) is 10.8 Å². The van der Waals surface area contributed by atoms with Crippen LogP contribution in [-0.4, -0.2) is 30.6 Å². The van der Waals surface area contributed by atoms with Crippen molar-refractivity contribution in [2.75, 3.05) is 5.75 Å². The second-order valence-electron chi connectivity index (χ2n) is 11.4. The minimum Gasteiger partial charge on any atom is -0.298 e. The summed E-state index contributed by atoms with van der Waals surface area (Å²) in [5.41, 5.74) is -1.02. The third-order valence-corrected chi connectivity index (χ3v) is 8.88. The maximum atomic E-state index is 13.6. The lowest BCUT2D eigenvalue weighted by Gasteiger charge is -2.56. The van der Waals surface area contributed by atoms with Crippen molar-refractivity contribution in [2.45, 2.75) is 69.7 Å². The van der Waals surface area contributed by atoms with E-state index >= 15 is 0 Å². The van der Waals surface area contributed by atoms with Gasteiger partial charge in [-0.1, -0.05) is 32.5 Å². The molecule has 0 atom stereocenters. The number of aryl methyl sites for hydroxylation is 1. The van der Waals surface area contributed by atoms with Gasteiger partial charge in [-0.2, -0.15) is 0 Å². The molecule has 2 heterocycles. The molecule has 8 heteroatoms. The highest BCUT2D eigenvalue weighted by Crippen LogP contribution is 2.60. The predicted octanol–water partition coefficient (Wildman–Crippen LogP) is 3.20. The maximum Gasteiger partial charge on any atom is 0.332 e. The summed E-state index contributed by atoms with van der Waals surface area (Å²) in [6.45, 7) is 6.01. The zero-order chi connectivity index (χ0) is 23.0. The van der Waals surface area contributed by atoms with Crippen molar-refractivity contribution in [3.8, 4) is 0 Å². The maximum absolute atomic E-state index is 13.6. The van der Waals surface area contributed by atoms with Crippen LogP contribution in [0.1, 0.15) is 65.1 Å². The first-order valence-electron chi connectivity index (χ1n) is 11.6. The summed E-state index contributed by atoms with van der Waals surface area (Å²) in [5, 5.41) is 0.833. The molecule has 0 unspecified atom stereocenters. The number of aromatic nitrogens is 4. The van der Waals surface area contributed by atoms with Crippen LogP contribution in [0.3, 0.4) is 0 Å². The molecule has 172 valence electrons. The molecule has 6 rings (SSSR count). The summed E-state index contributed by atoms with van der Waals surface area (Å²) < 4.78 is 2.49. The summed E-state index contributed by atoms with van der Waals surface area (Å²) >= 11 is 1.35. The molecule has 2 aromatic rings. The Labute approximate surface area is 192 Å². The average Bonchev–Trinajstić information content (AvgIpc) is 2.72. The van der Waals surface area contributed by atoms with Crippen molar-refractivity contribution in [1.82, 2.24) is 19.1 Å². The number of fused-ring (bicyclic) bond motifs is 1. The molecule has 0 spiro atoms. The first-order chi connectivity index (χ1) is 15.0. The van der Waals surface area contributed by atoms with Crippen LogP contribution in [0.5, 0.6) is 0 Å². The van der Waals surface area contributed by atoms with Crippen LogP contribution in [0.2, 0.25) is 0 Å². The fourth-order valence-corrected chi connectivity index (χ4v) is 7.66. The Morgan fingerprint density at radius 2 is 1.56 bits per heavy atom. The lowest BCUT2D eigenvalue weighted by molar-refractivity contribution is -0.141. The van der Waals surface area contributed by atoms with E-state index < -0.39 is 11.2 Å². The molecule has 0 amide bonds. The molecule has 2 aromatic heterocycles. The summed E-state index contributed by atoms with van der Waals surface area (Å²) in [7, 11) is 3.09. The molecule has 4 aliphatic carbocycles. The predicted molar refractivity (Wildman–Crippen MR) is 125 cm³/mol. The normalized spacial score (nSPS) is 29.1. The van der Waals surface area contributed by atoms with E-state index in [9.17, 15) is 14.4 Å². The van der Waals surface area contributed by atoms with Crippen LogP contribution in [0.4, 0.5) is 0 Å². The van der Waals surface area contributed by atoms with Crippen molar-refractivity contribution in [2.24, 2.45) is 37.3 Å². The van der Waals surface area contributed by atoms with Gasteiger partial charge in [-0.25, -0.2) is 14.8 Å². The highest BCUT2D eigenvalue weighted by atomic mass is 32.2. The van der Waals surface area contributed by atoms with E-state index in [2.05, 4.69) is 4.98 Å². The fraction of sp³-hybridized carbons (Fsp3) is 0.708. The van der Waals surface area contributed by atoms with Crippen LogP contribution < -0.4 is 11.2 Å². The van der Waals surface area contributed by atoms with Gasteiger partial charge in [-0.05, 0) is 56.3 Å². The van der Waals surface area contributed by atoms with Crippen molar-refractivity contribution < 1.29 is 4.79 Å². The van der Waals surface area contributed by atoms with E-state index in [1.54, 1.807) is 7.05 Å². The zero-order valence-electron chi connectivity index (χ0n) is 19.6. The molecule has 0 N–H and O–H groups in total. The van der Waals surface area contributed by atoms with E-state index in [0.717, 1.165) is 23.8 Å². The molecule has 4 saturated carbocycles. The van der Waals surface area contributed by atoms with Gasteiger partial charge < -0.3 is 0 Å². The number of thioether (sulfide) groups is 1. The molecular formula is C24H32N4O3S. The van der Waals surface area contributed by atoms with Gasteiger partial charge in [0.05, 0.1) is 5.75 Å². The molecule has 0 aliphatic heterocycles. The number of hydrogen-bond acceptors (Lipinski definition) is 6. The number of Topliss-reactive ketones (excluding diaryl/α,β-unsaturated/α-hetero) is 1. The summed E-state index contributed by atoms with van der Waals surface area (Å²) in [6.07, 6.45) is 7.00. The lowest BCUT2D eigenvalue weighted by Crippen LogP contribution is -2.50. The van der Waals surface area contributed by atoms with Gasteiger partial charge in [-0.15, -0.1) is 0 Å². The Bertz CT molecular complexity index is 1200.